The van der Waals surface area contributed by atoms with E-state index in [1.807, 2.05) is 6.92 Å². The number of carbonyl (C=O) groups is 1. The molecular formula is C18H35NO2. The number of piperidine rings is 1. The van der Waals surface area contributed by atoms with Gasteiger partial charge in [0.1, 0.15) is 5.78 Å². The monoisotopic (exact) mass is 297 g/mol. The van der Waals surface area contributed by atoms with Crippen molar-refractivity contribution in [2.24, 2.45) is 0 Å². The van der Waals surface area contributed by atoms with Gasteiger partial charge in [-0.15, -0.1) is 0 Å². The number of ketones is 1. The average molecular weight is 297 g/mol. The highest BCUT2D eigenvalue weighted by Gasteiger charge is 2.24. The van der Waals surface area contributed by atoms with Crippen molar-refractivity contribution >= 4 is 5.78 Å². The number of aliphatic hydroxyl groups excluding tert-OH is 1. The third kappa shape index (κ3) is 8.57. The fraction of sp³-hybridized carbons (Fsp3) is 0.944. The predicted octanol–water partition coefficient (Wildman–Crippen LogP) is 3.98. The molecule has 0 radical (unpaired) electrons. The molecule has 2 N–H and O–H groups in total. The van der Waals surface area contributed by atoms with E-state index in [4.69, 9.17) is 0 Å². The van der Waals surface area contributed by atoms with Crippen molar-refractivity contribution in [2.45, 2.75) is 109 Å². The fourth-order valence-electron chi connectivity index (χ4n) is 3.19. The summed E-state index contributed by atoms with van der Waals surface area (Å²) in [5, 5.41) is 13.2. The predicted molar refractivity (Wildman–Crippen MR) is 88.5 cm³/mol. The van der Waals surface area contributed by atoms with Gasteiger partial charge in [0.05, 0.1) is 6.10 Å². The second-order valence-electron chi connectivity index (χ2n) is 6.70. The van der Waals surface area contributed by atoms with Gasteiger partial charge in [0.15, 0.2) is 0 Å². The Labute approximate surface area is 130 Å². The van der Waals surface area contributed by atoms with Crippen LogP contribution in [0.2, 0.25) is 0 Å². The van der Waals surface area contributed by atoms with Crippen LogP contribution in [-0.4, -0.2) is 29.1 Å². The zero-order chi connectivity index (χ0) is 15.5. The maximum Gasteiger partial charge on any atom is 0.132 e. The van der Waals surface area contributed by atoms with Crippen LogP contribution < -0.4 is 5.32 Å². The summed E-state index contributed by atoms with van der Waals surface area (Å²) in [5.41, 5.74) is 0. The van der Waals surface area contributed by atoms with Gasteiger partial charge in [-0.3, -0.25) is 4.79 Å². The van der Waals surface area contributed by atoms with Gasteiger partial charge in [-0.2, -0.15) is 0 Å². The fourth-order valence-corrected chi connectivity index (χ4v) is 3.19. The van der Waals surface area contributed by atoms with Gasteiger partial charge in [0.2, 0.25) is 0 Å². The second-order valence-corrected chi connectivity index (χ2v) is 6.70. The van der Waals surface area contributed by atoms with E-state index in [-0.39, 0.29) is 12.1 Å². The van der Waals surface area contributed by atoms with Gasteiger partial charge in [-0.25, -0.2) is 0 Å². The number of unbranched alkanes of at least 4 members (excludes halogenated alkanes) is 6. The Balaban J connectivity index is 1.86. The molecule has 0 aliphatic carbocycles. The molecule has 0 saturated carbocycles. The Kier molecular flexibility index (Phi) is 9.94. The Bertz CT molecular complexity index is 280. The second kappa shape index (κ2) is 11.2. The molecule has 3 nitrogen and oxygen atoms in total. The van der Waals surface area contributed by atoms with E-state index in [1.165, 1.54) is 44.9 Å². The molecule has 1 fully saturated rings. The minimum absolute atomic E-state index is 0.152. The first-order chi connectivity index (χ1) is 10.1. The Hall–Kier alpha value is -0.410. The molecule has 3 heteroatoms. The minimum atomic E-state index is -0.152. The first-order valence-corrected chi connectivity index (χ1v) is 9.09. The van der Waals surface area contributed by atoms with Crippen molar-refractivity contribution < 1.29 is 9.90 Å². The maximum absolute atomic E-state index is 11.2. The van der Waals surface area contributed by atoms with Crippen molar-refractivity contribution in [1.82, 2.24) is 5.32 Å². The third-order valence-corrected chi connectivity index (χ3v) is 4.79. The summed E-state index contributed by atoms with van der Waals surface area (Å²) >= 11 is 0. The summed E-state index contributed by atoms with van der Waals surface area (Å²) in [5.74, 6) is 0.411. The summed E-state index contributed by atoms with van der Waals surface area (Å²) in [4.78, 5) is 11.2. The van der Waals surface area contributed by atoms with Crippen LogP contribution in [0.4, 0.5) is 0 Å². The lowest BCUT2D eigenvalue weighted by molar-refractivity contribution is -0.118. The van der Waals surface area contributed by atoms with Crippen molar-refractivity contribution in [2.75, 3.05) is 0 Å². The molecular weight excluding hydrogens is 262 g/mol. The maximum atomic E-state index is 11.2. The van der Waals surface area contributed by atoms with Crippen LogP contribution in [0, 0.1) is 0 Å². The molecule has 0 aromatic carbocycles. The largest absolute Gasteiger partial charge is 0.392 e. The molecule has 0 bridgehead atoms. The number of rotatable bonds is 11. The van der Waals surface area contributed by atoms with E-state index in [9.17, 15) is 9.90 Å². The van der Waals surface area contributed by atoms with E-state index in [2.05, 4.69) is 12.2 Å². The molecule has 0 unspecified atom stereocenters. The van der Waals surface area contributed by atoms with Crippen LogP contribution in [0.15, 0.2) is 0 Å². The highest BCUT2D eigenvalue weighted by Crippen LogP contribution is 2.18. The van der Waals surface area contributed by atoms with E-state index in [0.717, 1.165) is 25.7 Å². The molecule has 3 atom stereocenters. The van der Waals surface area contributed by atoms with Gasteiger partial charge in [0.25, 0.3) is 0 Å². The van der Waals surface area contributed by atoms with Crippen molar-refractivity contribution in [3.8, 4) is 0 Å². The van der Waals surface area contributed by atoms with Gasteiger partial charge < -0.3 is 10.4 Å². The molecule has 0 spiro atoms. The quantitative estimate of drug-likeness (QED) is 0.567. The number of hydrogen-bond acceptors (Lipinski definition) is 3. The normalized spacial score (nSPS) is 26.0. The molecule has 21 heavy (non-hydrogen) atoms. The van der Waals surface area contributed by atoms with E-state index in [1.54, 1.807) is 0 Å². The molecule has 1 rings (SSSR count). The summed E-state index contributed by atoms with van der Waals surface area (Å²) in [7, 11) is 0. The third-order valence-electron chi connectivity index (χ3n) is 4.79. The van der Waals surface area contributed by atoms with E-state index < -0.39 is 0 Å². The smallest absolute Gasteiger partial charge is 0.132 e. The Morgan fingerprint density at radius 2 is 1.67 bits per heavy atom. The highest BCUT2D eigenvalue weighted by atomic mass is 16.3. The molecule has 1 aliphatic rings. The summed E-state index contributed by atoms with van der Waals surface area (Å²) in [6.45, 7) is 4.03. The van der Waals surface area contributed by atoms with Gasteiger partial charge >= 0.3 is 0 Å². The summed E-state index contributed by atoms with van der Waals surface area (Å²) < 4.78 is 0. The van der Waals surface area contributed by atoms with Gasteiger partial charge in [-0.05, 0) is 32.6 Å². The van der Waals surface area contributed by atoms with Crippen LogP contribution >= 0.6 is 0 Å². The standard InChI is InChI=1S/C18H35NO2/c1-3-17(20)12-10-8-6-4-5-7-9-11-16-13-14-18(21)15(2)19-16/h15-16,18-19,21H,3-14H2,1-2H3/t15-,16+,18+/m1/s1. The van der Waals surface area contributed by atoms with E-state index >= 15 is 0 Å². The number of aliphatic hydroxyl groups is 1. The lowest BCUT2D eigenvalue weighted by Crippen LogP contribution is -2.48. The average Bonchev–Trinajstić information content (AvgIpc) is 2.48. The van der Waals surface area contributed by atoms with Gasteiger partial charge in [-0.1, -0.05) is 45.4 Å². The van der Waals surface area contributed by atoms with Crippen molar-refractivity contribution in [1.29, 1.82) is 0 Å². The molecule has 1 aliphatic heterocycles. The number of carbonyl (C=O) groups excluding carboxylic acids is 1. The number of Topliss-reactive ketones (excluding diaryl/α,β-unsaturated/α-hetero) is 1. The topological polar surface area (TPSA) is 49.3 Å². The van der Waals surface area contributed by atoms with Crippen LogP contribution in [0.5, 0.6) is 0 Å². The SMILES string of the molecule is CCC(=O)CCCCCCCCC[C@H]1CC[C@H](O)[C@@H](C)N1. The molecule has 124 valence electrons. The van der Waals surface area contributed by atoms with Crippen LogP contribution in [0.25, 0.3) is 0 Å². The van der Waals surface area contributed by atoms with E-state index in [0.29, 0.717) is 18.2 Å². The number of hydrogen-bond donors (Lipinski definition) is 2. The van der Waals surface area contributed by atoms with Gasteiger partial charge in [0, 0.05) is 24.9 Å². The molecule has 0 aromatic rings. The zero-order valence-corrected chi connectivity index (χ0v) is 14.1. The molecule has 1 saturated heterocycles. The summed E-state index contributed by atoms with van der Waals surface area (Å²) in [6, 6.07) is 0.873. The number of nitrogens with one attached hydrogen (secondary N) is 1. The first-order valence-electron chi connectivity index (χ1n) is 9.09. The lowest BCUT2D eigenvalue weighted by Gasteiger charge is -2.32. The Morgan fingerprint density at radius 1 is 1.05 bits per heavy atom. The lowest BCUT2D eigenvalue weighted by atomic mass is 9.93. The molecule has 1 heterocycles. The van der Waals surface area contributed by atoms with Crippen molar-refractivity contribution in [3.05, 3.63) is 0 Å². The molecule has 0 aromatic heterocycles. The van der Waals surface area contributed by atoms with Crippen molar-refractivity contribution in [3.63, 3.8) is 0 Å². The first kappa shape index (κ1) is 18.6. The molecule has 0 amide bonds. The highest BCUT2D eigenvalue weighted by molar-refractivity contribution is 5.77. The minimum Gasteiger partial charge on any atom is -0.392 e. The Morgan fingerprint density at radius 3 is 2.29 bits per heavy atom. The summed E-state index contributed by atoms with van der Waals surface area (Å²) in [6.07, 6.45) is 13.5. The zero-order valence-electron chi connectivity index (χ0n) is 14.1. The van der Waals surface area contributed by atoms with Crippen LogP contribution in [-0.2, 0) is 4.79 Å². The van der Waals surface area contributed by atoms with Crippen LogP contribution in [0.1, 0.15) is 90.9 Å². The van der Waals surface area contributed by atoms with Crippen LogP contribution in [0.3, 0.4) is 0 Å².